The van der Waals surface area contributed by atoms with Gasteiger partial charge in [0.25, 0.3) is 5.91 Å². The number of carbonyl (C=O) groups excluding carboxylic acids is 2. The molecule has 0 saturated heterocycles. The molecule has 4 rings (SSSR count). The number of carbonyl (C=O) groups is 2. The van der Waals surface area contributed by atoms with Crippen LogP contribution in [0.2, 0.25) is 0 Å². The maximum Gasteiger partial charge on any atom is 0.322 e. The lowest BCUT2D eigenvalue weighted by atomic mass is 9.90. The van der Waals surface area contributed by atoms with Gasteiger partial charge in [-0.15, -0.1) is 0 Å². The molecule has 2 aromatic rings. The van der Waals surface area contributed by atoms with Crippen molar-refractivity contribution < 1.29 is 19.1 Å². The van der Waals surface area contributed by atoms with Gasteiger partial charge in [-0.05, 0) is 67.1 Å². The molecular formula is C26H31N3O4. The topological polar surface area (TPSA) is 71.1 Å². The maximum absolute atomic E-state index is 13.5. The molecule has 0 fully saturated rings. The summed E-state index contributed by atoms with van der Waals surface area (Å²) in [6, 6.07) is 9.36. The van der Waals surface area contributed by atoms with Crippen LogP contribution >= 0.6 is 0 Å². The summed E-state index contributed by atoms with van der Waals surface area (Å²) in [4.78, 5) is 29.6. The number of ether oxygens (including phenoxy) is 2. The highest BCUT2D eigenvalue weighted by Gasteiger charge is 2.43. The Morgan fingerprint density at radius 3 is 2.36 bits per heavy atom. The van der Waals surface area contributed by atoms with Gasteiger partial charge in [-0.2, -0.15) is 0 Å². The van der Waals surface area contributed by atoms with Gasteiger partial charge in [-0.25, -0.2) is 4.79 Å². The third-order valence-electron chi connectivity index (χ3n) is 6.75. The van der Waals surface area contributed by atoms with Crippen LogP contribution in [-0.2, 0) is 11.2 Å². The zero-order valence-corrected chi connectivity index (χ0v) is 20.1. The highest BCUT2D eigenvalue weighted by atomic mass is 16.5. The van der Waals surface area contributed by atoms with E-state index in [1.54, 1.807) is 26.2 Å². The SMILES string of the molecule is COc1ccc(CCN2CC3=C(C2=O)C(c2cc(C)c(C)cc2C)NC(=O)N3C)cc1OC. The summed E-state index contributed by atoms with van der Waals surface area (Å²) in [7, 11) is 4.94. The number of nitrogens with one attached hydrogen (secondary N) is 1. The van der Waals surface area contributed by atoms with Crippen LogP contribution in [0.3, 0.4) is 0 Å². The average Bonchev–Trinajstić information content (AvgIpc) is 3.13. The molecule has 0 bridgehead atoms. The van der Waals surface area contributed by atoms with E-state index in [4.69, 9.17) is 9.47 Å². The molecule has 0 radical (unpaired) electrons. The molecule has 0 aromatic heterocycles. The van der Waals surface area contributed by atoms with E-state index in [2.05, 4.69) is 31.3 Å². The fourth-order valence-corrected chi connectivity index (χ4v) is 4.63. The van der Waals surface area contributed by atoms with Crippen LogP contribution in [-0.4, -0.2) is 56.1 Å². The van der Waals surface area contributed by atoms with E-state index in [9.17, 15) is 9.59 Å². The first-order valence-corrected chi connectivity index (χ1v) is 11.1. The number of methoxy groups -OCH3 is 2. The van der Waals surface area contributed by atoms with Gasteiger partial charge in [-0.3, -0.25) is 9.69 Å². The predicted octanol–water partition coefficient (Wildman–Crippen LogP) is 3.66. The van der Waals surface area contributed by atoms with Gasteiger partial charge in [0.2, 0.25) is 0 Å². The van der Waals surface area contributed by atoms with Crippen LogP contribution in [0.5, 0.6) is 11.5 Å². The Morgan fingerprint density at radius 2 is 1.67 bits per heavy atom. The minimum absolute atomic E-state index is 0.0278. The third kappa shape index (κ3) is 4.03. The fraction of sp³-hybridized carbons (Fsp3) is 0.385. The number of urea groups is 1. The van der Waals surface area contributed by atoms with Crippen LogP contribution in [0.15, 0.2) is 41.6 Å². The Labute approximate surface area is 195 Å². The zero-order valence-electron chi connectivity index (χ0n) is 20.1. The largest absolute Gasteiger partial charge is 0.493 e. The second-order valence-electron chi connectivity index (χ2n) is 8.76. The van der Waals surface area contributed by atoms with E-state index in [0.717, 1.165) is 28.0 Å². The molecule has 7 heteroatoms. The molecule has 1 N–H and O–H groups in total. The lowest BCUT2D eigenvalue weighted by Crippen LogP contribution is -2.45. The van der Waals surface area contributed by atoms with Gasteiger partial charge in [-0.1, -0.05) is 18.2 Å². The second-order valence-corrected chi connectivity index (χ2v) is 8.76. The van der Waals surface area contributed by atoms with Gasteiger partial charge in [0.15, 0.2) is 11.5 Å². The van der Waals surface area contributed by atoms with Crippen molar-refractivity contribution in [2.24, 2.45) is 0 Å². The summed E-state index contributed by atoms with van der Waals surface area (Å²) in [6.07, 6.45) is 0.672. The highest BCUT2D eigenvalue weighted by molar-refractivity contribution is 6.01. The van der Waals surface area contributed by atoms with E-state index in [1.165, 1.54) is 5.56 Å². The number of hydrogen-bond donors (Lipinski definition) is 1. The van der Waals surface area contributed by atoms with E-state index in [0.29, 0.717) is 36.6 Å². The Balaban J connectivity index is 1.59. The summed E-state index contributed by atoms with van der Waals surface area (Å²) in [5, 5.41) is 3.05. The summed E-state index contributed by atoms with van der Waals surface area (Å²) in [5.41, 5.74) is 6.86. The smallest absolute Gasteiger partial charge is 0.322 e. The van der Waals surface area contributed by atoms with Crippen molar-refractivity contribution in [2.45, 2.75) is 33.2 Å². The molecule has 2 aliphatic rings. The molecule has 1 unspecified atom stereocenters. The van der Waals surface area contributed by atoms with Crippen molar-refractivity contribution in [3.05, 3.63) is 69.4 Å². The number of rotatable bonds is 6. The third-order valence-corrected chi connectivity index (χ3v) is 6.75. The summed E-state index contributed by atoms with van der Waals surface area (Å²) < 4.78 is 10.7. The molecule has 2 heterocycles. The van der Waals surface area contributed by atoms with Crippen LogP contribution in [0.4, 0.5) is 4.79 Å². The minimum Gasteiger partial charge on any atom is -0.493 e. The fourth-order valence-electron chi connectivity index (χ4n) is 4.63. The molecule has 2 aromatic carbocycles. The monoisotopic (exact) mass is 449 g/mol. The van der Waals surface area contributed by atoms with Gasteiger partial charge in [0.1, 0.15) is 0 Å². The molecule has 33 heavy (non-hydrogen) atoms. The number of aryl methyl sites for hydroxylation is 3. The second kappa shape index (κ2) is 8.81. The van der Waals surface area contributed by atoms with Crippen LogP contribution < -0.4 is 14.8 Å². The van der Waals surface area contributed by atoms with Crippen LogP contribution in [0, 0.1) is 20.8 Å². The summed E-state index contributed by atoms with van der Waals surface area (Å²) in [5.74, 6) is 1.31. The number of hydrogen-bond acceptors (Lipinski definition) is 4. The van der Waals surface area contributed by atoms with Crippen molar-refractivity contribution in [3.63, 3.8) is 0 Å². The molecule has 0 aliphatic carbocycles. The van der Waals surface area contributed by atoms with Crippen LogP contribution in [0.1, 0.15) is 33.9 Å². The van der Waals surface area contributed by atoms with Crippen LogP contribution in [0.25, 0.3) is 0 Å². The first-order valence-electron chi connectivity index (χ1n) is 11.1. The number of benzene rings is 2. The highest BCUT2D eigenvalue weighted by Crippen LogP contribution is 2.37. The van der Waals surface area contributed by atoms with E-state index < -0.39 is 6.04 Å². The number of nitrogens with zero attached hydrogens (tertiary/aromatic N) is 2. The molecule has 0 spiro atoms. The maximum atomic E-state index is 13.5. The van der Waals surface area contributed by atoms with Crippen molar-refractivity contribution in [1.29, 1.82) is 0 Å². The van der Waals surface area contributed by atoms with Gasteiger partial charge in [0.05, 0.1) is 38.1 Å². The Bertz CT molecular complexity index is 1150. The van der Waals surface area contributed by atoms with Gasteiger partial charge < -0.3 is 19.7 Å². The number of likely N-dealkylation sites (N-methyl/N-ethyl adjacent to an activating group) is 1. The van der Waals surface area contributed by atoms with E-state index in [-0.39, 0.29) is 11.9 Å². The minimum atomic E-state index is -0.443. The van der Waals surface area contributed by atoms with Crippen molar-refractivity contribution >= 4 is 11.9 Å². The molecule has 174 valence electrons. The molecular weight excluding hydrogens is 418 g/mol. The quantitative estimate of drug-likeness (QED) is 0.731. The Morgan fingerprint density at radius 1 is 0.970 bits per heavy atom. The molecule has 0 saturated carbocycles. The molecule has 7 nitrogen and oxygen atoms in total. The standard InChI is InChI=1S/C26H31N3O4/c1-15-11-17(3)19(12-16(15)2)24-23-20(28(4)26(31)27-24)14-29(25(23)30)10-9-18-7-8-21(32-5)22(13-18)33-6/h7-8,11-13,24H,9-10,14H2,1-6H3,(H,27,31). The van der Waals surface area contributed by atoms with Gasteiger partial charge >= 0.3 is 6.03 Å². The Hall–Kier alpha value is -3.48. The predicted molar refractivity (Wildman–Crippen MR) is 127 cm³/mol. The lowest BCUT2D eigenvalue weighted by molar-refractivity contribution is -0.125. The average molecular weight is 450 g/mol. The lowest BCUT2D eigenvalue weighted by Gasteiger charge is -2.32. The zero-order chi connectivity index (χ0) is 23.9. The normalized spacial score (nSPS) is 17.9. The van der Waals surface area contributed by atoms with E-state index in [1.807, 2.05) is 30.0 Å². The van der Waals surface area contributed by atoms with Crippen molar-refractivity contribution in [1.82, 2.24) is 15.1 Å². The summed E-state index contributed by atoms with van der Waals surface area (Å²) >= 11 is 0. The molecule has 1 atom stereocenters. The first-order chi connectivity index (χ1) is 15.7. The van der Waals surface area contributed by atoms with Gasteiger partial charge in [0, 0.05) is 13.6 Å². The van der Waals surface area contributed by atoms with Crippen molar-refractivity contribution in [3.8, 4) is 11.5 Å². The Kier molecular flexibility index (Phi) is 6.06. The first kappa shape index (κ1) is 22.7. The molecule has 3 amide bonds. The summed E-state index contributed by atoms with van der Waals surface area (Å²) in [6.45, 7) is 7.12. The number of amides is 3. The van der Waals surface area contributed by atoms with E-state index >= 15 is 0 Å². The molecule has 2 aliphatic heterocycles. The van der Waals surface area contributed by atoms with Crippen molar-refractivity contribution in [2.75, 3.05) is 34.4 Å².